The normalized spacial score (nSPS) is 19.4. The van der Waals surface area contributed by atoms with E-state index in [4.69, 9.17) is 4.74 Å². The minimum atomic E-state index is -1.24. The standard InChI is InChI=1S/C38H48N6O6/c1-44(2)22-12-11-20-39-37(48)32-26-34(45)41-31(25-28-16-7-4-8-17-28)38(49)43-30(24-27-14-5-3-6-15-27)36(47)40-21-13-23-50-33-19-10-9-18-29(33)35(46)42-32/h3-10,14-19,30-32H,11-13,20-26H2,1-2H3,(H,39,48)(H,40,47)(H,41,45)(H,42,46)(H,43,49)/t30-,31-,32-/m0/s1. The number of benzene rings is 3. The maximum Gasteiger partial charge on any atom is 0.255 e. The maximum absolute atomic E-state index is 13.9. The van der Waals surface area contributed by atoms with Crippen LogP contribution in [0.15, 0.2) is 84.9 Å². The fraction of sp³-hybridized carbons (Fsp3) is 0.395. The van der Waals surface area contributed by atoms with Gasteiger partial charge in [0.25, 0.3) is 5.91 Å². The third-order valence-corrected chi connectivity index (χ3v) is 8.20. The van der Waals surface area contributed by atoms with E-state index >= 15 is 0 Å². The van der Waals surface area contributed by atoms with E-state index in [0.717, 1.165) is 24.1 Å². The number of ether oxygens (including phenoxy) is 1. The molecule has 0 saturated heterocycles. The highest BCUT2D eigenvalue weighted by Gasteiger charge is 2.30. The van der Waals surface area contributed by atoms with Crippen molar-refractivity contribution in [2.24, 2.45) is 0 Å². The number of nitrogens with zero attached hydrogens (tertiary/aromatic N) is 1. The number of unbranched alkanes of at least 4 members (excludes halogenated alkanes) is 1. The summed E-state index contributed by atoms with van der Waals surface area (Å²) in [5, 5.41) is 14.1. The predicted octanol–water partition coefficient (Wildman–Crippen LogP) is 1.99. The van der Waals surface area contributed by atoms with Gasteiger partial charge in [0.15, 0.2) is 0 Å². The molecule has 1 aliphatic rings. The molecule has 0 bridgehead atoms. The van der Waals surface area contributed by atoms with Gasteiger partial charge in [-0.3, -0.25) is 24.0 Å². The topological polar surface area (TPSA) is 158 Å². The molecule has 12 heteroatoms. The zero-order chi connectivity index (χ0) is 35.7. The zero-order valence-corrected chi connectivity index (χ0v) is 28.8. The Bertz CT molecular complexity index is 1570. The molecule has 0 radical (unpaired) electrons. The molecule has 3 aromatic carbocycles. The van der Waals surface area contributed by atoms with E-state index in [1.165, 1.54) is 0 Å². The number of carbonyl (C=O) groups excluding carboxylic acids is 5. The molecule has 0 spiro atoms. The van der Waals surface area contributed by atoms with Crippen LogP contribution in [0, 0.1) is 0 Å². The van der Waals surface area contributed by atoms with Crippen molar-refractivity contribution >= 4 is 29.5 Å². The summed E-state index contributed by atoms with van der Waals surface area (Å²) < 4.78 is 5.91. The Morgan fingerprint density at radius 3 is 2.06 bits per heavy atom. The highest BCUT2D eigenvalue weighted by atomic mass is 16.5. The van der Waals surface area contributed by atoms with E-state index in [-0.39, 0.29) is 37.5 Å². The molecule has 1 aliphatic heterocycles. The van der Waals surface area contributed by atoms with Crippen LogP contribution in [0.2, 0.25) is 0 Å². The molecule has 5 amide bonds. The lowest BCUT2D eigenvalue weighted by Crippen LogP contribution is -2.56. The average Bonchev–Trinajstić information content (AvgIpc) is 3.10. The molecule has 50 heavy (non-hydrogen) atoms. The van der Waals surface area contributed by atoms with Crippen LogP contribution in [0.3, 0.4) is 0 Å². The van der Waals surface area contributed by atoms with Gasteiger partial charge in [-0.1, -0.05) is 72.8 Å². The fourth-order valence-corrected chi connectivity index (χ4v) is 5.53. The molecule has 0 aliphatic carbocycles. The number of rotatable bonds is 10. The number of para-hydroxylation sites is 1. The van der Waals surface area contributed by atoms with E-state index in [0.29, 0.717) is 25.1 Å². The van der Waals surface area contributed by atoms with Crippen LogP contribution < -0.4 is 31.3 Å². The summed E-state index contributed by atoms with van der Waals surface area (Å²) in [6, 6.07) is 21.9. The molecule has 266 valence electrons. The van der Waals surface area contributed by atoms with Crippen LogP contribution in [0.4, 0.5) is 0 Å². The molecule has 12 nitrogen and oxygen atoms in total. The van der Waals surface area contributed by atoms with Gasteiger partial charge in [-0.25, -0.2) is 0 Å². The minimum absolute atomic E-state index is 0.137. The largest absolute Gasteiger partial charge is 0.493 e. The molecule has 0 unspecified atom stereocenters. The Morgan fingerprint density at radius 2 is 1.40 bits per heavy atom. The first-order valence-electron chi connectivity index (χ1n) is 17.1. The lowest BCUT2D eigenvalue weighted by atomic mass is 10.0. The van der Waals surface area contributed by atoms with E-state index in [2.05, 4.69) is 31.5 Å². The second-order valence-electron chi connectivity index (χ2n) is 12.6. The first kappa shape index (κ1) is 37.6. The summed E-state index contributed by atoms with van der Waals surface area (Å²) in [7, 11) is 3.94. The molecule has 5 N–H and O–H groups in total. The Balaban J connectivity index is 1.61. The first-order valence-corrected chi connectivity index (χ1v) is 17.1. The molecule has 3 atom stereocenters. The van der Waals surface area contributed by atoms with Gasteiger partial charge in [0.2, 0.25) is 23.6 Å². The van der Waals surface area contributed by atoms with Crippen LogP contribution in [-0.4, -0.2) is 92.9 Å². The van der Waals surface area contributed by atoms with E-state index in [1.807, 2.05) is 74.8 Å². The molecule has 1 heterocycles. The number of amides is 5. The van der Waals surface area contributed by atoms with Crippen LogP contribution in [0.25, 0.3) is 0 Å². The molecule has 3 aromatic rings. The maximum atomic E-state index is 13.9. The van der Waals surface area contributed by atoms with Gasteiger partial charge in [-0.15, -0.1) is 0 Å². The minimum Gasteiger partial charge on any atom is -0.493 e. The SMILES string of the molecule is CN(C)CCCCNC(=O)[C@@H]1CC(=O)N[C@@H](Cc2ccccc2)C(=O)N[C@@H](Cc2ccccc2)C(=O)NCCCOc2ccccc2C(=O)N1. The van der Waals surface area contributed by atoms with Gasteiger partial charge < -0.3 is 36.2 Å². The van der Waals surface area contributed by atoms with Gasteiger partial charge >= 0.3 is 0 Å². The van der Waals surface area contributed by atoms with Crippen LogP contribution in [0.5, 0.6) is 5.75 Å². The molecule has 0 aromatic heterocycles. The second kappa shape index (κ2) is 19.7. The lowest BCUT2D eigenvalue weighted by Gasteiger charge is -2.25. The number of hydrogen-bond donors (Lipinski definition) is 5. The summed E-state index contributed by atoms with van der Waals surface area (Å²) in [5.74, 6) is -2.35. The lowest BCUT2D eigenvalue weighted by molar-refractivity contribution is -0.133. The summed E-state index contributed by atoms with van der Waals surface area (Å²) in [4.78, 5) is 70.0. The number of carbonyl (C=O) groups is 5. The Hall–Kier alpha value is -5.23. The summed E-state index contributed by atoms with van der Waals surface area (Å²) in [5.41, 5.74) is 1.84. The predicted molar refractivity (Wildman–Crippen MR) is 190 cm³/mol. The van der Waals surface area contributed by atoms with Crippen LogP contribution in [0.1, 0.15) is 47.2 Å². The highest BCUT2D eigenvalue weighted by Crippen LogP contribution is 2.19. The molecule has 0 fully saturated rings. The second-order valence-corrected chi connectivity index (χ2v) is 12.6. The highest BCUT2D eigenvalue weighted by molar-refractivity contribution is 6.01. The summed E-state index contributed by atoms with van der Waals surface area (Å²) in [6.07, 6.45) is 1.94. The van der Waals surface area contributed by atoms with Crippen molar-refractivity contribution in [3.63, 3.8) is 0 Å². The quantitative estimate of drug-likeness (QED) is 0.205. The Labute approximate surface area is 293 Å². The summed E-state index contributed by atoms with van der Waals surface area (Å²) >= 11 is 0. The summed E-state index contributed by atoms with van der Waals surface area (Å²) in [6.45, 7) is 1.67. The number of hydrogen-bond acceptors (Lipinski definition) is 7. The van der Waals surface area contributed by atoms with Crippen molar-refractivity contribution in [3.8, 4) is 5.75 Å². The Morgan fingerprint density at radius 1 is 0.780 bits per heavy atom. The monoisotopic (exact) mass is 684 g/mol. The molecule has 4 rings (SSSR count). The van der Waals surface area contributed by atoms with Gasteiger partial charge in [0, 0.05) is 25.9 Å². The molecular weight excluding hydrogens is 636 g/mol. The van der Waals surface area contributed by atoms with Crippen LogP contribution in [-0.2, 0) is 32.0 Å². The van der Waals surface area contributed by atoms with Crippen molar-refractivity contribution in [2.75, 3.05) is 40.3 Å². The Kier molecular flexibility index (Phi) is 14.8. The number of fused-ring (bicyclic) bond motifs is 1. The van der Waals surface area contributed by atoms with E-state index < -0.39 is 48.2 Å². The van der Waals surface area contributed by atoms with Crippen molar-refractivity contribution in [3.05, 3.63) is 102 Å². The van der Waals surface area contributed by atoms with Crippen molar-refractivity contribution in [1.82, 2.24) is 31.5 Å². The van der Waals surface area contributed by atoms with Gasteiger partial charge in [0.1, 0.15) is 23.9 Å². The van der Waals surface area contributed by atoms with Crippen molar-refractivity contribution in [1.29, 1.82) is 0 Å². The fourth-order valence-electron chi connectivity index (χ4n) is 5.53. The van der Waals surface area contributed by atoms with Crippen LogP contribution >= 0.6 is 0 Å². The average molecular weight is 685 g/mol. The van der Waals surface area contributed by atoms with Gasteiger partial charge in [-0.05, 0) is 63.2 Å². The van der Waals surface area contributed by atoms with E-state index in [9.17, 15) is 24.0 Å². The number of nitrogens with one attached hydrogen (secondary N) is 5. The van der Waals surface area contributed by atoms with Crippen molar-refractivity contribution < 1.29 is 28.7 Å². The van der Waals surface area contributed by atoms with Gasteiger partial charge in [-0.2, -0.15) is 0 Å². The molecule has 0 saturated carbocycles. The first-order chi connectivity index (χ1) is 24.2. The third-order valence-electron chi connectivity index (χ3n) is 8.20. The van der Waals surface area contributed by atoms with E-state index in [1.54, 1.807) is 24.3 Å². The van der Waals surface area contributed by atoms with Crippen molar-refractivity contribution in [2.45, 2.75) is 56.7 Å². The van der Waals surface area contributed by atoms with Gasteiger partial charge in [0.05, 0.1) is 18.6 Å². The smallest absolute Gasteiger partial charge is 0.255 e. The third kappa shape index (κ3) is 12.3. The molecular formula is C38H48N6O6. The zero-order valence-electron chi connectivity index (χ0n) is 28.8.